The van der Waals surface area contributed by atoms with E-state index in [0.29, 0.717) is 11.2 Å². The lowest BCUT2D eigenvalue weighted by Crippen LogP contribution is -2.03. The standard InChI is InChI=1S/C16H12F3N3O/c1-9-3-2-4-11(7-9)21-22-14-12-8-10(16(17,18)19)5-6-13(12)20-15(14)23/h2-8,20,23H,1H3. The van der Waals surface area contributed by atoms with Crippen molar-refractivity contribution in [3.63, 3.8) is 0 Å². The molecule has 118 valence electrons. The van der Waals surface area contributed by atoms with Crippen LogP contribution in [0.3, 0.4) is 0 Å². The van der Waals surface area contributed by atoms with Gasteiger partial charge in [-0.1, -0.05) is 12.1 Å². The van der Waals surface area contributed by atoms with Gasteiger partial charge in [0.15, 0.2) is 5.69 Å². The van der Waals surface area contributed by atoms with E-state index >= 15 is 0 Å². The fourth-order valence-corrected chi connectivity index (χ4v) is 2.24. The fraction of sp³-hybridized carbons (Fsp3) is 0.125. The minimum Gasteiger partial charge on any atom is -0.493 e. The number of nitrogens with zero attached hydrogens (tertiary/aromatic N) is 2. The average molecular weight is 319 g/mol. The minimum atomic E-state index is -4.47. The quantitative estimate of drug-likeness (QED) is 0.592. The number of aromatic amines is 1. The van der Waals surface area contributed by atoms with Gasteiger partial charge < -0.3 is 10.1 Å². The van der Waals surface area contributed by atoms with Gasteiger partial charge in [-0.15, -0.1) is 5.11 Å². The Morgan fingerprint density at radius 2 is 1.83 bits per heavy atom. The molecule has 0 spiro atoms. The predicted molar refractivity (Wildman–Crippen MR) is 80.3 cm³/mol. The largest absolute Gasteiger partial charge is 0.493 e. The lowest BCUT2D eigenvalue weighted by molar-refractivity contribution is -0.137. The van der Waals surface area contributed by atoms with Gasteiger partial charge in [0.2, 0.25) is 5.88 Å². The van der Waals surface area contributed by atoms with Gasteiger partial charge in [-0.05, 0) is 42.8 Å². The van der Waals surface area contributed by atoms with Gasteiger partial charge in [0, 0.05) is 5.39 Å². The van der Waals surface area contributed by atoms with Crippen LogP contribution in [0.15, 0.2) is 52.7 Å². The molecule has 3 aromatic rings. The van der Waals surface area contributed by atoms with Crippen LogP contribution in [0, 0.1) is 6.92 Å². The van der Waals surface area contributed by atoms with Crippen molar-refractivity contribution in [1.29, 1.82) is 0 Å². The molecular weight excluding hydrogens is 307 g/mol. The van der Waals surface area contributed by atoms with E-state index < -0.39 is 11.7 Å². The van der Waals surface area contributed by atoms with Crippen molar-refractivity contribution in [3.05, 3.63) is 53.6 Å². The number of aryl methyl sites for hydroxylation is 1. The number of hydrogen-bond donors (Lipinski definition) is 2. The summed E-state index contributed by atoms with van der Waals surface area (Å²) in [4.78, 5) is 2.59. The first kappa shape index (κ1) is 15.1. The van der Waals surface area contributed by atoms with Gasteiger partial charge in [-0.2, -0.15) is 18.3 Å². The van der Waals surface area contributed by atoms with E-state index in [1.165, 1.54) is 6.07 Å². The Hall–Kier alpha value is -2.83. The zero-order valence-electron chi connectivity index (χ0n) is 12.0. The van der Waals surface area contributed by atoms with Gasteiger partial charge in [0.1, 0.15) is 0 Å². The zero-order chi connectivity index (χ0) is 16.6. The fourth-order valence-electron chi connectivity index (χ4n) is 2.24. The number of fused-ring (bicyclic) bond motifs is 1. The first-order valence-corrected chi connectivity index (χ1v) is 6.75. The second-order valence-electron chi connectivity index (χ2n) is 5.12. The topological polar surface area (TPSA) is 60.7 Å². The Morgan fingerprint density at radius 3 is 2.52 bits per heavy atom. The summed E-state index contributed by atoms with van der Waals surface area (Å²) in [6.07, 6.45) is -4.47. The van der Waals surface area contributed by atoms with Crippen molar-refractivity contribution in [3.8, 4) is 5.88 Å². The van der Waals surface area contributed by atoms with Gasteiger partial charge in [0.25, 0.3) is 0 Å². The van der Waals surface area contributed by atoms with Gasteiger partial charge in [-0.3, -0.25) is 0 Å². The summed E-state index contributed by atoms with van der Waals surface area (Å²) in [6, 6.07) is 10.3. The number of alkyl halides is 3. The van der Waals surface area contributed by atoms with E-state index in [4.69, 9.17) is 0 Å². The predicted octanol–water partition coefficient (Wildman–Crippen LogP) is 5.62. The van der Waals surface area contributed by atoms with Gasteiger partial charge >= 0.3 is 6.18 Å². The lowest BCUT2D eigenvalue weighted by Gasteiger charge is -2.05. The molecule has 0 amide bonds. The molecule has 0 unspecified atom stereocenters. The third kappa shape index (κ3) is 3.03. The molecular formula is C16H12F3N3O. The summed E-state index contributed by atoms with van der Waals surface area (Å²) in [5.74, 6) is -0.323. The number of benzene rings is 2. The van der Waals surface area contributed by atoms with Gasteiger partial charge in [0.05, 0.1) is 16.8 Å². The summed E-state index contributed by atoms with van der Waals surface area (Å²) in [5.41, 5.74) is 1.05. The number of aromatic hydroxyl groups is 1. The maximum Gasteiger partial charge on any atom is 0.416 e. The summed E-state index contributed by atoms with van der Waals surface area (Å²) >= 11 is 0. The molecule has 0 bridgehead atoms. The molecule has 3 rings (SSSR count). The molecule has 0 aliphatic heterocycles. The third-order valence-electron chi connectivity index (χ3n) is 3.35. The number of hydrogen-bond acceptors (Lipinski definition) is 3. The second kappa shape index (κ2) is 5.42. The molecule has 2 aromatic carbocycles. The lowest BCUT2D eigenvalue weighted by atomic mass is 10.1. The van der Waals surface area contributed by atoms with Crippen LogP contribution in [0.5, 0.6) is 5.88 Å². The van der Waals surface area contributed by atoms with Crippen molar-refractivity contribution < 1.29 is 18.3 Å². The van der Waals surface area contributed by atoms with Gasteiger partial charge in [-0.25, -0.2) is 0 Å². The van der Waals surface area contributed by atoms with E-state index in [-0.39, 0.29) is 17.0 Å². The number of rotatable bonds is 2. The van der Waals surface area contributed by atoms with Crippen LogP contribution < -0.4 is 0 Å². The van der Waals surface area contributed by atoms with E-state index in [0.717, 1.165) is 17.7 Å². The van der Waals surface area contributed by atoms with Crippen molar-refractivity contribution in [1.82, 2.24) is 4.98 Å². The third-order valence-corrected chi connectivity index (χ3v) is 3.35. The van der Waals surface area contributed by atoms with E-state index in [1.54, 1.807) is 18.2 Å². The highest BCUT2D eigenvalue weighted by Crippen LogP contribution is 2.39. The molecule has 1 heterocycles. The number of halogens is 3. The SMILES string of the molecule is Cc1cccc(N=Nc2c(O)[nH]c3ccc(C(F)(F)F)cc23)c1. The van der Waals surface area contributed by atoms with E-state index in [9.17, 15) is 18.3 Å². The monoisotopic (exact) mass is 319 g/mol. The normalized spacial score (nSPS) is 12.3. The van der Waals surface area contributed by atoms with E-state index in [2.05, 4.69) is 15.2 Å². The molecule has 0 saturated heterocycles. The molecule has 0 aliphatic carbocycles. The maximum absolute atomic E-state index is 12.8. The number of H-pyrrole nitrogens is 1. The highest BCUT2D eigenvalue weighted by molar-refractivity contribution is 5.94. The molecule has 4 nitrogen and oxygen atoms in total. The number of azo groups is 1. The highest BCUT2D eigenvalue weighted by Gasteiger charge is 2.31. The smallest absolute Gasteiger partial charge is 0.416 e. The first-order valence-electron chi connectivity index (χ1n) is 6.75. The van der Waals surface area contributed by atoms with Crippen LogP contribution in [0.1, 0.15) is 11.1 Å². The molecule has 0 saturated carbocycles. The maximum atomic E-state index is 12.8. The molecule has 1 aromatic heterocycles. The van der Waals surface area contributed by atoms with Crippen LogP contribution in [0.4, 0.5) is 24.5 Å². The van der Waals surface area contributed by atoms with Crippen LogP contribution in [0.25, 0.3) is 10.9 Å². The Kier molecular flexibility index (Phi) is 3.55. The average Bonchev–Trinajstić information content (AvgIpc) is 2.79. The summed E-state index contributed by atoms with van der Waals surface area (Å²) in [6.45, 7) is 1.89. The van der Waals surface area contributed by atoms with Crippen LogP contribution in [0.2, 0.25) is 0 Å². The van der Waals surface area contributed by atoms with Crippen LogP contribution >= 0.6 is 0 Å². The molecule has 2 N–H and O–H groups in total. The molecule has 7 heteroatoms. The number of aromatic nitrogens is 1. The summed E-state index contributed by atoms with van der Waals surface area (Å²) < 4.78 is 38.5. The minimum absolute atomic E-state index is 0.0207. The molecule has 0 aliphatic rings. The molecule has 23 heavy (non-hydrogen) atoms. The zero-order valence-corrected chi connectivity index (χ0v) is 12.0. The van der Waals surface area contributed by atoms with E-state index in [1.807, 2.05) is 13.0 Å². The van der Waals surface area contributed by atoms with Crippen molar-refractivity contribution in [2.75, 3.05) is 0 Å². The Bertz CT molecular complexity index is 897. The highest BCUT2D eigenvalue weighted by atomic mass is 19.4. The molecule has 0 radical (unpaired) electrons. The molecule has 0 atom stereocenters. The van der Waals surface area contributed by atoms with Crippen molar-refractivity contribution in [2.24, 2.45) is 10.2 Å². The van der Waals surface area contributed by atoms with Crippen LogP contribution in [-0.4, -0.2) is 10.1 Å². The molecule has 0 fully saturated rings. The Balaban J connectivity index is 2.07. The Morgan fingerprint density at radius 1 is 1.04 bits per heavy atom. The van der Waals surface area contributed by atoms with Crippen LogP contribution in [-0.2, 0) is 6.18 Å². The van der Waals surface area contributed by atoms with Crippen molar-refractivity contribution in [2.45, 2.75) is 13.1 Å². The number of nitrogens with one attached hydrogen (secondary N) is 1. The van der Waals surface area contributed by atoms with Crippen molar-refractivity contribution >= 4 is 22.3 Å². The Labute approximate surface area is 129 Å². The first-order chi connectivity index (χ1) is 10.8. The summed E-state index contributed by atoms with van der Waals surface area (Å²) in [7, 11) is 0. The summed E-state index contributed by atoms with van der Waals surface area (Å²) in [5, 5.41) is 17.9. The second-order valence-corrected chi connectivity index (χ2v) is 5.12.